The van der Waals surface area contributed by atoms with Crippen LogP contribution in [0.25, 0.3) is 0 Å². The van der Waals surface area contributed by atoms with Crippen molar-refractivity contribution in [2.24, 2.45) is 0 Å². The Labute approximate surface area is 113 Å². The van der Waals surface area contributed by atoms with Gasteiger partial charge in [-0.2, -0.15) is 4.98 Å². The van der Waals surface area contributed by atoms with Gasteiger partial charge in [0.2, 0.25) is 11.8 Å². The molecule has 0 radical (unpaired) electrons. The van der Waals surface area contributed by atoms with Crippen LogP contribution in [0.15, 0.2) is 12.3 Å². The number of sulfone groups is 1. The molecule has 7 heteroatoms. The molecule has 0 atom stereocenters. The average molecular weight is 285 g/mol. The van der Waals surface area contributed by atoms with Gasteiger partial charge in [0.15, 0.2) is 0 Å². The summed E-state index contributed by atoms with van der Waals surface area (Å²) in [5.41, 5.74) is 0. The lowest BCUT2D eigenvalue weighted by Crippen LogP contribution is -2.32. The minimum absolute atomic E-state index is 0.116. The molecular weight excluding hydrogens is 266 g/mol. The van der Waals surface area contributed by atoms with Crippen molar-refractivity contribution in [3.63, 3.8) is 0 Å². The number of hydrogen-bond acceptors (Lipinski definition) is 6. The number of hydrogen-bond donors (Lipinski definition) is 1. The molecule has 0 amide bonds. The molecule has 2 rings (SSSR count). The monoisotopic (exact) mass is 285 g/mol. The molecule has 0 unspecified atom stereocenters. The van der Waals surface area contributed by atoms with E-state index < -0.39 is 9.84 Å². The summed E-state index contributed by atoms with van der Waals surface area (Å²) >= 11 is 0. The van der Waals surface area contributed by atoms with Crippen molar-refractivity contribution in [2.45, 2.75) is 32.2 Å². The largest absolute Gasteiger partial charge is 0.478 e. The second kappa shape index (κ2) is 6.18. The van der Waals surface area contributed by atoms with Crippen LogP contribution >= 0.6 is 0 Å². The molecule has 0 aromatic carbocycles. The van der Waals surface area contributed by atoms with Crippen molar-refractivity contribution < 1.29 is 13.2 Å². The molecule has 1 N–H and O–H groups in total. The van der Waals surface area contributed by atoms with Gasteiger partial charge in [0.25, 0.3) is 0 Å². The smallest absolute Gasteiger partial charge is 0.226 e. The van der Waals surface area contributed by atoms with Gasteiger partial charge in [0.05, 0.1) is 18.1 Å². The zero-order valence-electron chi connectivity index (χ0n) is 11.0. The zero-order chi connectivity index (χ0) is 13.7. The lowest BCUT2D eigenvalue weighted by molar-refractivity contribution is 0.305. The maximum atomic E-state index is 11.3. The van der Waals surface area contributed by atoms with Crippen molar-refractivity contribution in [1.82, 2.24) is 9.97 Å². The van der Waals surface area contributed by atoms with Crippen LogP contribution in [0.2, 0.25) is 0 Å². The maximum absolute atomic E-state index is 11.3. The van der Waals surface area contributed by atoms with Gasteiger partial charge in [-0.15, -0.1) is 0 Å². The highest BCUT2D eigenvalue weighted by atomic mass is 32.2. The third-order valence-corrected chi connectivity index (χ3v) is 4.69. The summed E-state index contributed by atoms with van der Waals surface area (Å²) in [5, 5.41) is 3.17. The fourth-order valence-corrected chi connectivity index (χ4v) is 3.41. The minimum atomic E-state index is -2.83. The van der Waals surface area contributed by atoms with Crippen LogP contribution in [0.1, 0.15) is 26.2 Å². The minimum Gasteiger partial charge on any atom is -0.478 e. The van der Waals surface area contributed by atoms with E-state index in [9.17, 15) is 8.42 Å². The van der Waals surface area contributed by atoms with Gasteiger partial charge in [-0.3, -0.25) is 0 Å². The number of nitrogens with zero attached hydrogens (tertiary/aromatic N) is 2. The van der Waals surface area contributed by atoms with E-state index >= 15 is 0 Å². The Bertz CT molecular complexity index is 505. The lowest BCUT2D eigenvalue weighted by atomic mass is 10.2. The van der Waals surface area contributed by atoms with E-state index in [2.05, 4.69) is 15.3 Å². The SMILES string of the molecule is CCCOc1ccnc(NC2CCS(=O)(=O)CC2)n1. The van der Waals surface area contributed by atoms with Crippen LogP contribution in [-0.2, 0) is 9.84 Å². The topological polar surface area (TPSA) is 81.2 Å². The Morgan fingerprint density at radius 1 is 1.42 bits per heavy atom. The number of anilines is 1. The van der Waals surface area contributed by atoms with Gasteiger partial charge >= 0.3 is 0 Å². The molecule has 19 heavy (non-hydrogen) atoms. The second-order valence-electron chi connectivity index (χ2n) is 4.64. The van der Waals surface area contributed by atoms with Gasteiger partial charge in [-0.05, 0) is 19.3 Å². The summed E-state index contributed by atoms with van der Waals surface area (Å²) in [6, 6.07) is 1.83. The molecule has 1 aliphatic rings. The van der Waals surface area contributed by atoms with Gasteiger partial charge in [-0.1, -0.05) is 6.92 Å². The molecule has 0 bridgehead atoms. The fourth-order valence-electron chi connectivity index (χ4n) is 1.92. The van der Waals surface area contributed by atoms with Gasteiger partial charge < -0.3 is 10.1 Å². The Kier molecular flexibility index (Phi) is 4.57. The van der Waals surface area contributed by atoms with Crippen LogP contribution < -0.4 is 10.1 Å². The number of nitrogens with one attached hydrogen (secondary N) is 1. The molecular formula is C12H19N3O3S. The lowest BCUT2D eigenvalue weighted by Gasteiger charge is -2.22. The van der Waals surface area contributed by atoms with E-state index in [1.54, 1.807) is 12.3 Å². The maximum Gasteiger partial charge on any atom is 0.226 e. The first-order chi connectivity index (χ1) is 9.09. The first-order valence-electron chi connectivity index (χ1n) is 6.52. The Balaban J connectivity index is 1.92. The predicted octanol–water partition coefficient (Wildman–Crippen LogP) is 1.25. The molecule has 0 aliphatic carbocycles. The fraction of sp³-hybridized carbons (Fsp3) is 0.667. The quantitative estimate of drug-likeness (QED) is 0.877. The summed E-state index contributed by atoms with van der Waals surface area (Å²) < 4.78 is 28.1. The predicted molar refractivity (Wildman–Crippen MR) is 73.1 cm³/mol. The third-order valence-electron chi connectivity index (χ3n) is 2.97. The second-order valence-corrected chi connectivity index (χ2v) is 6.94. The van der Waals surface area contributed by atoms with Crippen LogP contribution in [0, 0.1) is 0 Å². The van der Waals surface area contributed by atoms with Crippen LogP contribution in [0.4, 0.5) is 5.95 Å². The zero-order valence-corrected chi connectivity index (χ0v) is 11.8. The number of aromatic nitrogens is 2. The molecule has 1 saturated heterocycles. The van der Waals surface area contributed by atoms with E-state index in [4.69, 9.17) is 4.74 Å². The van der Waals surface area contributed by atoms with Crippen LogP contribution in [0.3, 0.4) is 0 Å². The summed E-state index contributed by atoms with van der Waals surface area (Å²) in [4.78, 5) is 8.37. The summed E-state index contributed by atoms with van der Waals surface area (Å²) in [7, 11) is -2.83. The first-order valence-corrected chi connectivity index (χ1v) is 8.34. The highest BCUT2D eigenvalue weighted by Crippen LogP contribution is 2.17. The Morgan fingerprint density at radius 3 is 2.84 bits per heavy atom. The van der Waals surface area contributed by atoms with Crippen molar-refractivity contribution >= 4 is 15.8 Å². The van der Waals surface area contributed by atoms with Crippen LogP contribution in [0.5, 0.6) is 5.88 Å². The summed E-state index contributed by atoms with van der Waals surface area (Å²) in [6.07, 6.45) is 3.77. The normalized spacial score (nSPS) is 19.0. The molecule has 1 fully saturated rings. The molecule has 1 aromatic rings. The van der Waals surface area contributed by atoms with E-state index in [-0.39, 0.29) is 17.5 Å². The van der Waals surface area contributed by atoms with E-state index in [1.165, 1.54) is 0 Å². The molecule has 1 aromatic heterocycles. The molecule has 6 nitrogen and oxygen atoms in total. The van der Waals surface area contributed by atoms with Crippen molar-refractivity contribution in [1.29, 1.82) is 0 Å². The molecule has 0 saturated carbocycles. The van der Waals surface area contributed by atoms with Gasteiger partial charge in [-0.25, -0.2) is 13.4 Å². The number of rotatable bonds is 5. The molecule has 106 valence electrons. The van der Waals surface area contributed by atoms with E-state index in [0.717, 1.165) is 6.42 Å². The first kappa shape index (κ1) is 14.0. The van der Waals surface area contributed by atoms with E-state index in [0.29, 0.717) is 31.3 Å². The number of ether oxygens (including phenoxy) is 1. The molecule has 2 heterocycles. The van der Waals surface area contributed by atoms with Crippen molar-refractivity contribution in [3.8, 4) is 5.88 Å². The summed E-state index contributed by atoms with van der Waals surface area (Å²) in [5.74, 6) is 1.51. The average Bonchev–Trinajstić information content (AvgIpc) is 2.39. The Hall–Kier alpha value is -1.37. The van der Waals surface area contributed by atoms with Crippen molar-refractivity contribution in [2.75, 3.05) is 23.4 Å². The third kappa shape index (κ3) is 4.34. The standard InChI is InChI=1S/C12H19N3O3S/c1-2-7-18-11-3-6-13-12(15-11)14-10-4-8-19(16,17)9-5-10/h3,6,10H,2,4-5,7-9H2,1H3,(H,13,14,15). The summed E-state index contributed by atoms with van der Waals surface area (Å²) in [6.45, 7) is 2.65. The highest BCUT2D eigenvalue weighted by Gasteiger charge is 2.23. The molecule has 1 aliphatic heterocycles. The molecule has 0 spiro atoms. The Morgan fingerprint density at radius 2 is 2.16 bits per heavy atom. The van der Waals surface area contributed by atoms with Gasteiger partial charge in [0, 0.05) is 18.3 Å². The van der Waals surface area contributed by atoms with Gasteiger partial charge in [0.1, 0.15) is 9.84 Å². The van der Waals surface area contributed by atoms with Crippen LogP contribution in [-0.4, -0.2) is 42.5 Å². The highest BCUT2D eigenvalue weighted by molar-refractivity contribution is 7.91. The van der Waals surface area contributed by atoms with Crippen molar-refractivity contribution in [3.05, 3.63) is 12.3 Å². The van der Waals surface area contributed by atoms with E-state index in [1.807, 2.05) is 6.92 Å².